The number of amides is 1. The molecule has 0 spiro atoms. The summed E-state index contributed by atoms with van der Waals surface area (Å²) in [5.74, 6) is -0.234. The van der Waals surface area contributed by atoms with Gasteiger partial charge in [-0.15, -0.1) is 0 Å². The highest BCUT2D eigenvalue weighted by Crippen LogP contribution is 2.28. The lowest BCUT2D eigenvalue weighted by molar-refractivity contribution is -0.121. The second-order valence-electron chi connectivity index (χ2n) is 6.77. The van der Waals surface area contributed by atoms with Gasteiger partial charge >= 0.3 is 6.18 Å². The van der Waals surface area contributed by atoms with Crippen molar-refractivity contribution in [3.05, 3.63) is 65.9 Å². The number of thiazole rings is 1. The van der Waals surface area contributed by atoms with Gasteiger partial charge in [0.15, 0.2) is 5.13 Å². The van der Waals surface area contributed by atoms with Crippen LogP contribution in [-0.4, -0.2) is 34.9 Å². The summed E-state index contributed by atoms with van der Waals surface area (Å²) in [7, 11) is -0.525. The molecular weight excluding hydrogens is 447 g/mol. The molecule has 0 fully saturated rings. The molecule has 1 atom stereocenters. The third-order valence-electron chi connectivity index (χ3n) is 4.39. The smallest absolute Gasteiger partial charge is 0.291 e. The number of halogens is 3. The molecule has 164 valence electrons. The summed E-state index contributed by atoms with van der Waals surface area (Å²) in [5.41, 5.74) is 3.26. The van der Waals surface area contributed by atoms with Crippen molar-refractivity contribution in [1.29, 1.82) is 0 Å². The zero-order valence-corrected chi connectivity index (χ0v) is 18.4. The fourth-order valence-electron chi connectivity index (χ4n) is 2.74. The topological polar surface area (TPSA) is 62.3 Å². The molecule has 0 aliphatic heterocycles. The Labute approximate surface area is 184 Å². The number of likely N-dealkylation sites (N-methyl/N-ethyl adjacent to an activating group) is 1. The van der Waals surface area contributed by atoms with Crippen molar-refractivity contribution in [1.82, 2.24) is 9.71 Å². The summed E-state index contributed by atoms with van der Waals surface area (Å²) < 4.78 is 51.2. The molecule has 2 aromatic carbocycles. The van der Waals surface area contributed by atoms with E-state index in [0.717, 1.165) is 28.0 Å². The average molecular weight is 468 g/mol. The van der Waals surface area contributed by atoms with Crippen LogP contribution < -0.4 is 9.62 Å². The summed E-state index contributed by atoms with van der Waals surface area (Å²) in [6, 6.07) is 17.5. The molecular formula is C21H20F3N3O2S2. The van der Waals surface area contributed by atoms with E-state index >= 15 is 0 Å². The molecule has 0 bridgehead atoms. The van der Waals surface area contributed by atoms with Gasteiger partial charge in [-0.25, -0.2) is 13.9 Å². The molecule has 0 radical (unpaired) electrons. The number of benzene rings is 2. The van der Waals surface area contributed by atoms with Crippen LogP contribution in [0.3, 0.4) is 0 Å². The lowest BCUT2D eigenvalue weighted by atomic mass is 10.0. The van der Waals surface area contributed by atoms with Crippen LogP contribution in [0.2, 0.25) is 0 Å². The first-order valence-corrected chi connectivity index (χ1v) is 11.2. The van der Waals surface area contributed by atoms with E-state index in [0.29, 0.717) is 5.69 Å². The van der Waals surface area contributed by atoms with Gasteiger partial charge in [0.25, 0.3) is 0 Å². The maximum Gasteiger partial charge on any atom is 0.402 e. The van der Waals surface area contributed by atoms with E-state index in [-0.39, 0.29) is 21.7 Å². The van der Waals surface area contributed by atoms with E-state index in [2.05, 4.69) is 4.98 Å². The minimum atomic E-state index is -4.47. The second kappa shape index (κ2) is 9.71. The first kappa shape index (κ1) is 23.1. The maximum atomic E-state index is 12.7. The first-order valence-electron chi connectivity index (χ1n) is 9.24. The van der Waals surface area contributed by atoms with Gasteiger partial charge in [0.05, 0.1) is 12.1 Å². The van der Waals surface area contributed by atoms with Crippen molar-refractivity contribution < 1.29 is 22.2 Å². The van der Waals surface area contributed by atoms with Crippen molar-refractivity contribution in [3.63, 3.8) is 0 Å². The van der Waals surface area contributed by atoms with E-state index in [1.54, 1.807) is 6.92 Å². The van der Waals surface area contributed by atoms with Crippen LogP contribution in [0.5, 0.6) is 0 Å². The van der Waals surface area contributed by atoms with Gasteiger partial charge in [-0.2, -0.15) is 13.2 Å². The van der Waals surface area contributed by atoms with Crippen LogP contribution in [0.25, 0.3) is 11.1 Å². The number of hydrogen-bond donors (Lipinski definition) is 1. The Balaban J connectivity index is 1.65. The van der Waals surface area contributed by atoms with Gasteiger partial charge < -0.3 is 0 Å². The normalized spacial score (nSPS) is 12.5. The zero-order chi connectivity index (χ0) is 22.6. The van der Waals surface area contributed by atoms with Crippen LogP contribution in [0.15, 0.2) is 58.8 Å². The number of anilines is 1. The van der Waals surface area contributed by atoms with E-state index in [9.17, 15) is 22.2 Å². The standard InChI is InChI=1S/C21H20F3N3O2S2/c1-14-19(31(29)25-13-21(22,23)24)30-20(26-14)27(2)18(28)12-15-8-10-17(11-9-15)16-6-4-3-5-7-16/h3-11,25H,12-13H2,1-2H3. The van der Waals surface area contributed by atoms with E-state index in [1.807, 2.05) is 59.3 Å². The quantitative estimate of drug-likeness (QED) is 0.557. The SMILES string of the molecule is Cc1nc(N(C)C(=O)Cc2ccc(-c3ccccc3)cc2)sc1S(=O)NCC(F)(F)F. The van der Waals surface area contributed by atoms with E-state index in [1.165, 1.54) is 11.9 Å². The molecule has 1 aromatic heterocycles. The minimum absolute atomic E-state index is 0.134. The number of nitrogens with zero attached hydrogens (tertiary/aromatic N) is 2. The van der Waals surface area contributed by atoms with E-state index < -0.39 is 23.7 Å². The zero-order valence-electron chi connectivity index (χ0n) is 16.8. The number of rotatable bonds is 7. The molecule has 0 saturated heterocycles. The van der Waals surface area contributed by atoms with Gasteiger partial charge in [0.1, 0.15) is 21.7 Å². The molecule has 5 nitrogen and oxygen atoms in total. The Bertz CT molecular complexity index is 1070. The summed E-state index contributed by atoms with van der Waals surface area (Å²) in [6.07, 6.45) is -4.34. The number of alkyl halides is 3. The van der Waals surface area contributed by atoms with Gasteiger partial charge in [-0.1, -0.05) is 65.9 Å². The molecule has 10 heteroatoms. The lowest BCUT2D eigenvalue weighted by Gasteiger charge is -2.14. The molecule has 1 unspecified atom stereocenters. The Morgan fingerprint density at radius 3 is 2.32 bits per heavy atom. The molecule has 0 aliphatic rings. The second-order valence-corrected chi connectivity index (χ2v) is 9.24. The Morgan fingerprint density at radius 2 is 1.71 bits per heavy atom. The number of hydrogen-bond acceptors (Lipinski definition) is 4. The molecule has 1 heterocycles. The van der Waals surface area contributed by atoms with Crippen molar-refractivity contribution in [2.45, 2.75) is 23.7 Å². The number of nitrogens with one attached hydrogen (secondary N) is 1. The summed E-state index contributed by atoms with van der Waals surface area (Å²) in [4.78, 5) is 18.2. The largest absolute Gasteiger partial charge is 0.402 e. The first-order chi connectivity index (χ1) is 14.6. The predicted molar refractivity (Wildman–Crippen MR) is 116 cm³/mol. The Morgan fingerprint density at radius 1 is 1.10 bits per heavy atom. The highest BCUT2D eigenvalue weighted by atomic mass is 32.2. The van der Waals surface area contributed by atoms with E-state index in [4.69, 9.17) is 0 Å². The van der Waals surface area contributed by atoms with Crippen molar-refractivity contribution >= 4 is 33.4 Å². The third-order valence-corrected chi connectivity index (χ3v) is 7.16. The Hall–Kier alpha value is -2.56. The van der Waals surface area contributed by atoms with Gasteiger partial charge in [0, 0.05) is 7.05 Å². The average Bonchev–Trinajstić information content (AvgIpc) is 3.13. The summed E-state index contributed by atoms with van der Waals surface area (Å²) >= 11 is 0.929. The van der Waals surface area contributed by atoms with Gasteiger partial charge in [0.2, 0.25) is 5.91 Å². The van der Waals surface area contributed by atoms with Crippen molar-refractivity contribution in [2.75, 3.05) is 18.5 Å². The molecule has 1 N–H and O–H groups in total. The molecule has 0 saturated carbocycles. The van der Waals surface area contributed by atoms with Gasteiger partial charge in [-0.05, 0) is 23.6 Å². The fourth-order valence-corrected chi connectivity index (χ4v) is 4.97. The lowest BCUT2D eigenvalue weighted by Crippen LogP contribution is -2.30. The van der Waals surface area contributed by atoms with Crippen LogP contribution in [-0.2, 0) is 22.2 Å². The predicted octanol–water partition coefficient (Wildman–Crippen LogP) is 4.50. The number of carbonyl (C=O) groups is 1. The van der Waals surface area contributed by atoms with Crippen molar-refractivity contribution in [3.8, 4) is 11.1 Å². The number of aromatic nitrogens is 1. The van der Waals surface area contributed by atoms with Gasteiger partial charge in [-0.3, -0.25) is 9.69 Å². The summed E-state index contributed by atoms with van der Waals surface area (Å²) in [5, 5.41) is 0.278. The fraction of sp³-hybridized carbons (Fsp3) is 0.238. The Kier molecular flexibility index (Phi) is 7.24. The molecule has 1 amide bonds. The van der Waals surface area contributed by atoms with Crippen LogP contribution in [0, 0.1) is 6.92 Å². The van der Waals surface area contributed by atoms with Crippen LogP contribution >= 0.6 is 11.3 Å². The van der Waals surface area contributed by atoms with Crippen molar-refractivity contribution in [2.24, 2.45) is 0 Å². The third kappa shape index (κ3) is 6.22. The molecule has 31 heavy (non-hydrogen) atoms. The number of aryl methyl sites for hydroxylation is 1. The molecule has 3 rings (SSSR count). The van der Waals surface area contributed by atoms with Crippen LogP contribution in [0.1, 0.15) is 11.3 Å². The highest BCUT2D eigenvalue weighted by molar-refractivity contribution is 7.85. The minimum Gasteiger partial charge on any atom is -0.291 e. The number of carbonyl (C=O) groups excluding carboxylic acids is 1. The molecule has 3 aromatic rings. The summed E-state index contributed by atoms with van der Waals surface area (Å²) in [6.45, 7) is 0.170. The van der Waals surface area contributed by atoms with Crippen LogP contribution in [0.4, 0.5) is 18.3 Å². The maximum absolute atomic E-state index is 12.7. The monoisotopic (exact) mass is 467 g/mol. The molecule has 0 aliphatic carbocycles. The highest BCUT2D eigenvalue weighted by Gasteiger charge is 2.29.